The Morgan fingerprint density at radius 3 is 2.41 bits per heavy atom. The largest absolute Gasteiger partial charge is 0.410 e. The number of thiazole rings is 2. The zero-order chi connectivity index (χ0) is 21.4. The van der Waals surface area contributed by atoms with E-state index in [1.54, 1.807) is 11.3 Å². The van der Waals surface area contributed by atoms with Crippen molar-refractivity contribution in [1.82, 2.24) is 20.3 Å². The van der Waals surface area contributed by atoms with E-state index in [1.807, 2.05) is 24.5 Å². The fourth-order valence-electron chi connectivity index (χ4n) is 2.34. The van der Waals surface area contributed by atoms with Gasteiger partial charge in [0.25, 0.3) is 5.91 Å². The van der Waals surface area contributed by atoms with Crippen molar-refractivity contribution in [3.8, 4) is 10.6 Å². The number of hydrogen-bond acceptors (Lipinski definition) is 7. The number of amides is 1. The van der Waals surface area contributed by atoms with Crippen LogP contribution in [0.1, 0.15) is 34.9 Å². The second kappa shape index (κ2) is 7.71. The number of aromatic nitrogens is 3. The Labute approximate surface area is 173 Å². The summed E-state index contributed by atoms with van der Waals surface area (Å²) in [4.78, 5) is 26.1. The van der Waals surface area contributed by atoms with E-state index in [4.69, 9.17) is 0 Å². The van der Waals surface area contributed by atoms with Crippen LogP contribution >= 0.6 is 22.7 Å². The molecule has 0 fully saturated rings. The molecule has 0 aliphatic rings. The summed E-state index contributed by atoms with van der Waals surface area (Å²) in [5, 5.41) is 8.47. The predicted octanol–water partition coefficient (Wildman–Crippen LogP) is 5.09. The molecule has 2 N–H and O–H groups in total. The van der Waals surface area contributed by atoms with Gasteiger partial charge in [0.15, 0.2) is 5.13 Å². The smallest absolute Gasteiger partial charge is 0.338 e. The zero-order valence-electron chi connectivity index (χ0n) is 16.0. The summed E-state index contributed by atoms with van der Waals surface area (Å²) in [5.74, 6) is -0.423. The van der Waals surface area contributed by atoms with E-state index in [1.165, 1.54) is 29.7 Å². The van der Waals surface area contributed by atoms with Crippen molar-refractivity contribution >= 4 is 39.5 Å². The van der Waals surface area contributed by atoms with Crippen LogP contribution in [-0.2, 0) is 0 Å². The van der Waals surface area contributed by atoms with Gasteiger partial charge in [-0.1, -0.05) is 0 Å². The van der Waals surface area contributed by atoms with E-state index in [9.17, 15) is 18.0 Å². The van der Waals surface area contributed by atoms with Gasteiger partial charge in [-0.2, -0.15) is 13.2 Å². The summed E-state index contributed by atoms with van der Waals surface area (Å²) in [6.07, 6.45) is -3.34. The minimum absolute atomic E-state index is 0.0310. The number of alkyl halides is 3. The van der Waals surface area contributed by atoms with Crippen LogP contribution in [0.3, 0.4) is 0 Å². The molecule has 1 amide bonds. The van der Waals surface area contributed by atoms with Crippen molar-refractivity contribution in [2.45, 2.75) is 39.4 Å². The molecule has 0 unspecified atom stereocenters. The molecular formula is C18H18F3N5OS2. The Bertz CT molecular complexity index is 1030. The number of anilines is 2. The first-order valence-electron chi connectivity index (χ1n) is 8.48. The third kappa shape index (κ3) is 4.73. The van der Waals surface area contributed by atoms with E-state index in [0.29, 0.717) is 10.9 Å². The Morgan fingerprint density at radius 2 is 1.86 bits per heavy atom. The number of aryl methyl sites for hydroxylation is 2. The second-order valence-electron chi connectivity index (χ2n) is 6.82. The fourth-order valence-corrected chi connectivity index (χ4v) is 4.01. The Morgan fingerprint density at radius 1 is 1.14 bits per heavy atom. The first kappa shape index (κ1) is 21.2. The lowest BCUT2D eigenvalue weighted by atomic mass is 10.0. The van der Waals surface area contributed by atoms with Gasteiger partial charge in [0, 0.05) is 11.6 Å². The van der Waals surface area contributed by atoms with Gasteiger partial charge in [0.05, 0.1) is 26.8 Å². The van der Waals surface area contributed by atoms with Crippen LogP contribution in [0.2, 0.25) is 0 Å². The van der Waals surface area contributed by atoms with E-state index in [2.05, 4.69) is 20.3 Å². The van der Waals surface area contributed by atoms with Crippen molar-refractivity contribution in [1.29, 1.82) is 0 Å². The predicted molar refractivity (Wildman–Crippen MR) is 108 cm³/mol. The molecule has 0 aliphatic carbocycles. The molecular weight excluding hydrogens is 423 g/mol. The van der Waals surface area contributed by atoms with Crippen LogP contribution < -0.4 is 10.6 Å². The summed E-state index contributed by atoms with van der Waals surface area (Å²) in [5.41, 5.74) is -0.583. The average Bonchev–Trinajstić information content (AvgIpc) is 3.19. The van der Waals surface area contributed by atoms with E-state index in [-0.39, 0.29) is 5.56 Å². The normalized spacial score (nSPS) is 12.1. The molecule has 6 nitrogen and oxygen atoms in total. The highest BCUT2D eigenvalue weighted by molar-refractivity contribution is 7.16. The van der Waals surface area contributed by atoms with E-state index < -0.39 is 17.6 Å². The molecule has 3 aromatic heterocycles. The maximum Gasteiger partial charge on any atom is 0.410 e. The molecule has 0 saturated carbocycles. The summed E-state index contributed by atoms with van der Waals surface area (Å²) >= 11 is 2.95. The summed E-state index contributed by atoms with van der Waals surface area (Å²) in [6.45, 7) is 5.67. The molecule has 3 heterocycles. The number of rotatable bonds is 5. The molecule has 0 bridgehead atoms. The lowest BCUT2D eigenvalue weighted by Crippen LogP contribution is -2.54. The number of nitrogens with one attached hydrogen (secondary N) is 2. The highest BCUT2D eigenvalue weighted by Gasteiger charge is 2.48. The number of nitrogens with zero attached hydrogens (tertiary/aromatic N) is 3. The highest BCUT2D eigenvalue weighted by atomic mass is 32.1. The Balaban J connectivity index is 1.68. The molecule has 29 heavy (non-hydrogen) atoms. The van der Waals surface area contributed by atoms with Gasteiger partial charge in [-0.3, -0.25) is 4.79 Å². The first-order valence-corrected chi connectivity index (χ1v) is 10.2. The number of carbonyl (C=O) groups is 1. The first-order chi connectivity index (χ1) is 13.5. The van der Waals surface area contributed by atoms with Gasteiger partial charge < -0.3 is 10.6 Å². The maximum absolute atomic E-state index is 12.9. The minimum atomic E-state index is -4.56. The number of pyridine rings is 1. The number of carbonyl (C=O) groups excluding carboxylic acids is 1. The third-order valence-electron chi connectivity index (χ3n) is 4.04. The van der Waals surface area contributed by atoms with Crippen LogP contribution in [0, 0.1) is 13.8 Å². The van der Waals surface area contributed by atoms with Crippen molar-refractivity contribution in [2.24, 2.45) is 0 Å². The molecule has 0 aromatic carbocycles. The summed E-state index contributed by atoms with van der Waals surface area (Å²) in [7, 11) is 0. The number of halogens is 3. The Kier molecular flexibility index (Phi) is 5.63. The van der Waals surface area contributed by atoms with Crippen molar-refractivity contribution in [2.75, 3.05) is 5.32 Å². The lowest BCUT2D eigenvalue weighted by Gasteiger charge is -2.28. The van der Waals surface area contributed by atoms with Crippen LogP contribution in [0.5, 0.6) is 0 Å². The van der Waals surface area contributed by atoms with Crippen molar-refractivity contribution in [3.05, 3.63) is 40.0 Å². The monoisotopic (exact) mass is 441 g/mol. The van der Waals surface area contributed by atoms with Gasteiger partial charge in [-0.25, -0.2) is 15.0 Å². The fraction of sp³-hybridized carbons (Fsp3) is 0.333. The average molecular weight is 442 g/mol. The van der Waals surface area contributed by atoms with Gasteiger partial charge in [-0.05, 0) is 39.8 Å². The minimum Gasteiger partial charge on any atom is -0.338 e. The topological polar surface area (TPSA) is 79.8 Å². The second-order valence-corrected chi connectivity index (χ2v) is 8.88. The summed E-state index contributed by atoms with van der Waals surface area (Å²) < 4.78 is 38.8. The highest BCUT2D eigenvalue weighted by Crippen LogP contribution is 2.33. The molecule has 11 heteroatoms. The molecule has 154 valence electrons. The van der Waals surface area contributed by atoms with E-state index in [0.717, 1.165) is 35.1 Å². The molecule has 0 atom stereocenters. The Hall–Kier alpha value is -2.53. The standard InChI is InChI=1S/C18H18F3N5OS2/c1-9-14(29-10(2)23-9)12-8-28-16(24-12)25-13-6-5-11(7-22-13)15(27)26-17(3,4)18(19,20)21/h5-8H,1-4H3,(H,26,27)(H,22,24,25). The molecule has 3 rings (SSSR count). The molecule has 0 spiro atoms. The van der Waals surface area contributed by atoms with Crippen molar-refractivity contribution < 1.29 is 18.0 Å². The molecule has 0 radical (unpaired) electrons. The van der Waals surface area contributed by atoms with Crippen LogP contribution in [0.25, 0.3) is 10.6 Å². The lowest BCUT2D eigenvalue weighted by molar-refractivity contribution is -0.182. The third-order valence-corrected chi connectivity index (χ3v) is 5.89. The molecule has 0 aliphatic heterocycles. The number of hydrogen-bond donors (Lipinski definition) is 2. The molecule has 3 aromatic rings. The van der Waals surface area contributed by atoms with Gasteiger partial charge in [-0.15, -0.1) is 22.7 Å². The van der Waals surface area contributed by atoms with E-state index >= 15 is 0 Å². The van der Waals surface area contributed by atoms with Gasteiger partial charge in [0.1, 0.15) is 11.4 Å². The van der Waals surface area contributed by atoms with Crippen molar-refractivity contribution in [3.63, 3.8) is 0 Å². The maximum atomic E-state index is 12.9. The van der Waals surface area contributed by atoms with Gasteiger partial charge in [0.2, 0.25) is 0 Å². The van der Waals surface area contributed by atoms with Crippen LogP contribution in [0.4, 0.5) is 24.1 Å². The van der Waals surface area contributed by atoms with Gasteiger partial charge >= 0.3 is 6.18 Å². The quantitative estimate of drug-likeness (QED) is 0.576. The molecule has 0 saturated heterocycles. The van der Waals surface area contributed by atoms with Crippen LogP contribution in [-0.4, -0.2) is 32.6 Å². The zero-order valence-corrected chi connectivity index (χ0v) is 17.6. The SMILES string of the molecule is Cc1nc(C)c(-c2csc(Nc3ccc(C(=O)NC(C)(C)C(F)(F)F)cn3)n2)s1. The summed E-state index contributed by atoms with van der Waals surface area (Å²) in [6, 6.07) is 2.92. The van der Waals surface area contributed by atoms with Crippen LogP contribution in [0.15, 0.2) is 23.7 Å².